The molecule has 2 unspecified atom stereocenters. The molecule has 1 saturated heterocycles. The highest BCUT2D eigenvalue weighted by Crippen LogP contribution is 2.33. The number of carboxylic acid groups (broad SMARTS) is 1. The molecule has 0 bridgehead atoms. The number of aliphatic carboxylic acids is 1. The van der Waals surface area contributed by atoms with Gasteiger partial charge in [-0.15, -0.1) is 11.8 Å². The second-order valence-corrected chi connectivity index (χ2v) is 8.98. The molecular formula is C22H27N5O5S. The number of nitrogens with one attached hydrogen (secondary N) is 2. The van der Waals surface area contributed by atoms with Crippen molar-refractivity contribution in [3.8, 4) is 5.75 Å². The van der Waals surface area contributed by atoms with E-state index in [0.717, 1.165) is 18.4 Å². The number of rotatable bonds is 9. The lowest BCUT2D eigenvalue weighted by molar-refractivity contribution is -0.138. The van der Waals surface area contributed by atoms with Crippen LogP contribution in [0, 0.1) is 0 Å². The van der Waals surface area contributed by atoms with Crippen molar-refractivity contribution in [2.24, 2.45) is 0 Å². The number of aromatic nitrogens is 4. The van der Waals surface area contributed by atoms with E-state index in [9.17, 15) is 14.4 Å². The molecule has 1 aliphatic rings. The lowest BCUT2D eigenvalue weighted by Gasteiger charge is -2.12. The lowest BCUT2D eigenvalue weighted by atomic mass is 10.2. The van der Waals surface area contributed by atoms with Crippen LogP contribution >= 0.6 is 11.8 Å². The van der Waals surface area contributed by atoms with Crippen LogP contribution in [0.1, 0.15) is 43.5 Å². The summed E-state index contributed by atoms with van der Waals surface area (Å²) in [6.07, 6.45) is 1.72. The number of hydrogen-bond acceptors (Lipinski definition) is 7. The standard InChI is InChI=1S/C22H27N5O5S/c1-3-5-10-27-18-17(19(28)25-22(27)31)26(4-2)16(24-18)11-32-14-8-6-13(7-9-14)20-23-15(12-33-20)21(29)30/h6-9,15,20,23H,3-5,10-12H2,1-2H3,(H,29,30)(H,25,28,31). The third kappa shape index (κ3) is 4.69. The monoisotopic (exact) mass is 473 g/mol. The third-order valence-electron chi connectivity index (χ3n) is 5.65. The number of nitrogens with zero attached hydrogens (tertiary/aromatic N) is 3. The Morgan fingerprint density at radius 2 is 2.00 bits per heavy atom. The summed E-state index contributed by atoms with van der Waals surface area (Å²) in [5.41, 5.74) is 0.829. The average molecular weight is 474 g/mol. The highest BCUT2D eigenvalue weighted by atomic mass is 32.2. The summed E-state index contributed by atoms with van der Waals surface area (Å²) >= 11 is 1.56. The van der Waals surface area contributed by atoms with Crippen molar-refractivity contribution in [2.45, 2.75) is 57.8 Å². The van der Waals surface area contributed by atoms with E-state index in [4.69, 9.17) is 9.84 Å². The molecule has 1 aliphatic heterocycles. The Morgan fingerprint density at radius 3 is 2.64 bits per heavy atom. The largest absolute Gasteiger partial charge is 0.486 e. The first kappa shape index (κ1) is 23.1. The zero-order valence-corrected chi connectivity index (χ0v) is 19.4. The number of carbonyl (C=O) groups is 1. The fourth-order valence-electron chi connectivity index (χ4n) is 3.89. The number of aromatic amines is 1. The molecule has 4 rings (SSSR count). The first-order chi connectivity index (χ1) is 15.9. The Hall–Kier alpha value is -3.05. The summed E-state index contributed by atoms with van der Waals surface area (Å²) in [5, 5.41) is 12.2. The number of hydrogen-bond donors (Lipinski definition) is 3. The Labute approximate surface area is 194 Å². The molecule has 10 nitrogen and oxygen atoms in total. The molecule has 0 amide bonds. The van der Waals surface area contributed by atoms with Crippen LogP contribution in [0.3, 0.4) is 0 Å². The molecule has 0 saturated carbocycles. The normalized spacial score (nSPS) is 18.1. The van der Waals surface area contributed by atoms with E-state index in [2.05, 4.69) is 15.3 Å². The van der Waals surface area contributed by atoms with Crippen molar-refractivity contribution in [1.82, 2.24) is 24.4 Å². The third-order valence-corrected chi connectivity index (χ3v) is 6.91. The van der Waals surface area contributed by atoms with Gasteiger partial charge in [0.2, 0.25) is 0 Å². The van der Waals surface area contributed by atoms with Gasteiger partial charge in [-0.05, 0) is 31.0 Å². The van der Waals surface area contributed by atoms with Crippen LogP contribution in [0.5, 0.6) is 5.75 Å². The number of imidazole rings is 1. The molecule has 3 N–H and O–H groups in total. The van der Waals surface area contributed by atoms with E-state index >= 15 is 0 Å². The van der Waals surface area contributed by atoms with Gasteiger partial charge in [0.15, 0.2) is 11.2 Å². The number of unbranched alkanes of at least 4 members (excludes halogenated alkanes) is 1. The van der Waals surface area contributed by atoms with Crippen molar-refractivity contribution in [1.29, 1.82) is 0 Å². The van der Waals surface area contributed by atoms with Gasteiger partial charge in [-0.2, -0.15) is 0 Å². The highest BCUT2D eigenvalue weighted by Gasteiger charge is 2.30. The van der Waals surface area contributed by atoms with E-state index in [-0.39, 0.29) is 12.0 Å². The summed E-state index contributed by atoms with van der Waals surface area (Å²) in [5.74, 6) is 0.870. The quantitative estimate of drug-likeness (QED) is 0.430. The fourth-order valence-corrected chi connectivity index (χ4v) is 5.12. The second kappa shape index (κ2) is 9.84. The Bertz CT molecular complexity index is 1260. The summed E-state index contributed by atoms with van der Waals surface area (Å²) in [7, 11) is 0. The van der Waals surface area contributed by atoms with Crippen LogP contribution in [-0.4, -0.2) is 42.0 Å². The van der Waals surface area contributed by atoms with Crippen molar-refractivity contribution >= 4 is 28.9 Å². The minimum absolute atomic E-state index is 0.0731. The van der Waals surface area contributed by atoms with Crippen LogP contribution < -0.4 is 21.3 Å². The Morgan fingerprint density at radius 1 is 1.24 bits per heavy atom. The summed E-state index contributed by atoms with van der Waals surface area (Å²) in [6.45, 7) is 5.09. The molecule has 2 atom stereocenters. The van der Waals surface area contributed by atoms with Gasteiger partial charge in [0, 0.05) is 18.8 Å². The second-order valence-electron chi connectivity index (χ2n) is 7.84. The van der Waals surface area contributed by atoms with Gasteiger partial charge in [-0.1, -0.05) is 25.5 Å². The molecule has 33 heavy (non-hydrogen) atoms. The van der Waals surface area contributed by atoms with E-state index in [0.29, 0.717) is 41.6 Å². The number of benzene rings is 1. The summed E-state index contributed by atoms with van der Waals surface area (Å²) in [6, 6.07) is 6.92. The molecule has 11 heteroatoms. The van der Waals surface area contributed by atoms with E-state index in [1.54, 1.807) is 16.3 Å². The first-order valence-corrected chi connectivity index (χ1v) is 12.0. The van der Waals surface area contributed by atoms with Gasteiger partial charge in [0.25, 0.3) is 5.56 Å². The number of aryl methyl sites for hydroxylation is 2. The van der Waals surface area contributed by atoms with Crippen LogP contribution in [-0.2, 0) is 24.5 Å². The van der Waals surface area contributed by atoms with Crippen LogP contribution in [0.25, 0.3) is 11.2 Å². The van der Waals surface area contributed by atoms with Gasteiger partial charge in [-0.25, -0.2) is 9.78 Å². The van der Waals surface area contributed by atoms with E-state index in [1.165, 1.54) is 4.57 Å². The number of H-pyrrole nitrogens is 1. The minimum atomic E-state index is -0.845. The maximum absolute atomic E-state index is 12.5. The van der Waals surface area contributed by atoms with Gasteiger partial charge in [-0.3, -0.25) is 24.5 Å². The summed E-state index contributed by atoms with van der Waals surface area (Å²) in [4.78, 5) is 43.0. The maximum Gasteiger partial charge on any atom is 0.330 e. The van der Waals surface area contributed by atoms with Crippen molar-refractivity contribution < 1.29 is 14.6 Å². The number of thioether (sulfide) groups is 1. The van der Waals surface area contributed by atoms with Gasteiger partial charge in [0.1, 0.15) is 24.2 Å². The lowest BCUT2D eigenvalue weighted by Crippen LogP contribution is -2.33. The topological polar surface area (TPSA) is 131 Å². The summed E-state index contributed by atoms with van der Waals surface area (Å²) < 4.78 is 9.22. The highest BCUT2D eigenvalue weighted by molar-refractivity contribution is 7.99. The number of fused-ring (bicyclic) bond motifs is 1. The first-order valence-electron chi connectivity index (χ1n) is 11.0. The maximum atomic E-state index is 12.5. The average Bonchev–Trinajstić information content (AvgIpc) is 3.43. The van der Waals surface area contributed by atoms with Crippen LogP contribution in [0.15, 0.2) is 33.9 Å². The van der Waals surface area contributed by atoms with Crippen LogP contribution in [0.2, 0.25) is 0 Å². The predicted molar refractivity (Wildman–Crippen MR) is 126 cm³/mol. The zero-order chi connectivity index (χ0) is 23.5. The van der Waals surface area contributed by atoms with Gasteiger partial charge < -0.3 is 14.4 Å². The molecule has 1 fully saturated rings. The molecule has 3 heterocycles. The Balaban J connectivity index is 1.53. The molecule has 0 aliphatic carbocycles. The van der Waals surface area contributed by atoms with Crippen LogP contribution in [0.4, 0.5) is 0 Å². The smallest absolute Gasteiger partial charge is 0.330 e. The number of carboxylic acids is 1. The molecule has 176 valence electrons. The predicted octanol–water partition coefficient (Wildman–Crippen LogP) is 2.07. The molecule has 1 aromatic carbocycles. The molecule has 3 aromatic rings. The van der Waals surface area contributed by atoms with Gasteiger partial charge >= 0.3 is 11.7 Å². The minimum Gasteiger partial charge on any atom is -0.486 e. The molecular weight excluding hydrogens is 446 g/mol. The fraction of sp³-hybridized carbons (Fsp3) is 0.455. The SMILES string of the molecule is CCCCn1c(=O)[nH]c(=O)c2c1nc(COc1ccc(C3NC(C(=O)O)CS3)cc1)n2CC. The van der Waals surface area contributed by atoms with Crippen molar-refractivity contribution in [3.63, 3.8) is 0 Å². The van der Waals surface area contributed by atoms with Crippen molar-refractivity contribution in [2.75, 3.05) is 5.75 Å². The zero-order valence-electron chi connectivity index (χ0n) is 18.5. The molecule has 2 aromatic heterocycles. The molecule has 0 spiro atoms. The van der Waals surface area contributed by atoms with Crippen molar-refractivity contribution in [3.05, 3.63) is 56.5 Å². The van der Waals surface area contributed by atoms with Gasteiger partial charge in [0.05, 0.1) is 5.37 Å². The number of ether oxygens (including phenoxy) is 1. The Kier molecular flexibility index (Phi) is 6.89. The van der Waals surface area contributed by atoms with E-state index < -0.39 is 23.3 Å². The molecule has 0 radical (unpaired) electrons. The van der Waals surface area contributed by atoms with E-state index in [1.807, 2.05) is 38.1 Å².